The van der Waals surface area contributed by atoms with Crippen molar-refractivity contribution in [1.29, 1.82) is 0 Å². The average molecular weight is 231 g/mol. The first-order chi connectivity index (χ1) is 8.08. The molecule has 1 saturated heterocycles. The van der Waals surface area contributed by atoms with E-state index in [-0.39, 0.29) is 5.92 Å². The molecule has 2 rings (SSSR count). The number of benzene rings is 1. The second-order valence-corrected chi connectivity index (χ2v) is 5.20. The number of aryl methyl sites for hydroxylation is 2. The topological polar surface area (TPSA) is 29.1 Å². The molecule has 0 aromatic heterocycles. The molecule has 2 unspecified atom stereocenters. The Morgan fingerprint density at radius 3 is 2.71 bits per heavy atom. The number of carbonyl (C=O) groups excluding carboxylic acids is 1. The van der Waals surface area contributed by atoms with Crippen molar-refractivity contribution in [3.05, 3.63) is 34.9 Å². The van der Waals surface area contributed by atoms with Gasteiger partial charge in [-0.2, -0.15) is 0 Å². The lowest BCUT2D eigenvalue weighted by Crippen LogP contribution is -2.29. The highest BCUT2D eigenvalue weighted by molar-refractivity contribution is 5.84. The lowest BCUT2D eigenvalue weighted by Gasteiger charge is -2.14. The van der Waals surface area contributed by atoms with E-state index < -0.39 is 0 Å². The molecule has 1 aliphatic heterocycles. The van der Waals surface area contributed by atoms with Gasteiger partial charge in [-0.1, -0.05) is 18.2 Å². The highest BCUT2D eigenvalue weighted by Crippen LogP contribution is 2.19. The predicted octanol–water partition coefficient (Wildman–Crippen LogP) is 2.41. The number of Topliss-reactive ketones (excluding diaryl/α,β-unsaturated/α-hetero) is 1. The first kappa shape index (κ1) is 12.3. The van der Waals surface area contributed by atoms with E-state index in [1.54, 1.807) is 0 Å². The Morgan fingerprint density at radius 2 is 2.12 bits per heavy atom. The van der Waals surface area contributed by atoms with Gasteiger partial charge in [0.2, 0.25) is 0 Å². The highest BCUT2D eigenvalue weighted by Gasteiger charge is 2.28. The standard InChI is InChI=1S/C15H21NO/c1-10-4-5-13(8-11(10)2)9-15(17)14-6-7-16-12(14)3/h4-5,8,12,14,16H,6-7,9H2,1-3H3. The minimum absolute atomic E-state index is 0.205. The summed E-state index contributed by atoms with van der Waals surface area (Å²) >= 11 is 0. The summed E-state index contributed by atoms with van der Waals surface area (Å²) in [6.45, 7) is 7.29. The van der Waals surface area contributed by atoms with Crippen molar-refractivity contribution in [3.8, 4) is 0 Å². The van der Waals surface area contributed by atoms with Crippen LogP contribution in [0, 0.1) is 19.8 Å². The molecule has 0 amide bonds. The van der Waals surface area contributed by atoms with Crippen molar-refractivity contribution in [2.45, 2.75) is 39.7 Å². The van der Waals surface area contributed by atoms with Crippen molar-refractivity contribution in [2.24, 2.45) is 5.92 Å². The lowest BCUT2D eigenvalue weighted by atomic mass is 9.91. The van der Waals surface area contributed by atoms with E-state index in [9.17, 15) is 4.79 Å². The third kappa shape index (κ3) is 2.75. The summed E-state index contributed by atoms with van der Waals surface area (Å²) in [6, 6.07) is 6.66. The number of carbonyl (C=O) groups is 1. The SMILES string of the molecule is Cc1ccc(CC(=O)C2CCNC2C)cc1C. The van der Waals surface area contributed by atoms with E-state index in [0.29, 0.717) is 18.2 Å². The van der Waals surface area contributed by atoms with Crippen LogP contribution in [0.3, 0.4) is 0 Å². The van der Waals surface area contributed by atoms with Crippen LogP contribution >= 0.6 is 0 Å². The van der Waals surface area contributed by atoms with E-state index in [4.69, 9.17) is 0 Å². The maximum atomic E-state index is 12.2. The zero-order valence-electron chi connectivity index (χ0n) is 10.9. The summed E-state index contributed by atoms with van der Waals surface area (Å²) < 4.78 is 0. The van der Waals surface area contributed by atoms with Gasteiger partial charge < -0.3 is 5.32 Å². The van der Waals surface area contributed by atoms with Crippen LogP contribution in [-0.4, -0.2) is 18.4 Å². The van der Waals surface area contributed by atoms with Gasteiger partial charge in [0.25, 0.3) is 0 Å². The number of hydrogen-bond acceptors (Lipinski definition) is 2. The fourth-order valence-corrected chi connectivity index (χ4v) is 2.54. The number of ketones is 1. The fourth-order valence-electron chi connectivity index (χ4n) is 2.54. The molecule has 2 nitrogen and oxygen atoms in total. The Labute approximate surface area is 103 Å². The van der Waals surface area contributed by atoms with Gasteiger partial charge >= 0.3 is 0 Å². The van der Waals surface area contributed by atoms with Gasteiger partial charge in [0.05, 0.1) is 0 Å². The predicted molar refractivity (Wildman–Crippen MR) is 70.2 cm³/mol. The molecule has 1 N–H and O–H groups in total. The molecule has 0 spiro atoms. The molecule has 1 aromatic carbocycles. The van der Waals surface area contributed by atoms with Crippen molar-refractivity contribution in [2.75, 3.05) is 6.54 Å². The van der Waals surface area contributed by atoms with Gasteiger partial charge in [-0.25, -0.2) is 0 Å². The Morgan fingerprint density at radius 1 is 1.35 bits per heavy atom. The number of hydrogen-bond donors (Lipinski definition) is 1. The maximum Gasteiger partial charge on any atom is 0.141 e. The molecule has 17 heavy (non-hydrogen) atoms. The summed E-state index contributed by atoms with van der Waals surface area (Å²) in [6.07, 6.45) is 1.57. The summed E-state index contributed by atoms with van der Waals surface area (Å²) in [5.74, 6) is 0.586. The van der Waals surface area contributed by atoms with Crippen LogP contribution in [0.2, 0.25) is 0 Å². The van der Waals surface area contributed by atoms with E-state index in [0.717, 1.165) is 18.5 Å². The lowest BCUT2D eigenvalue weighted by molar-refractivity contribution is -0.122. The molecule has 0 aliphatic carbocycles. The molecule has 0 radical (unpaired) electrons. The van der Waals surface area contributed by atoms with Crippen LogP contribution < -0.4 is 5.32 Å². The zero-order chi connectivity index (χ0) is 12.4. The Hall–Kier alpha value is -1.15. The van der Waals surface area contributed by atoms with Gasteiger partial charge in [-0.05, 0) is 50.4 Å². The van der Waals surface area contributed by atoms with Crippen LogP contribution in [0.1, 0.15) is 30.0 Å². The molecule has 1 aliphatic rings. The Kier molecular flexibility index (Phi) is 3.63. The number of rotatable bonds is 3. The van der Waals surface area contributed by atoms with Crippen molar-refractivity contribution in [3.63, 3.8) is 0 Å². The smallest absolute Gasteiger partial charge is 0.141 e. The van der Waals surface area contributed by atoms with Crippen LogP contribution in [-0.2, 0) is 11.2 Å². The molecule has 1 fully saturated rings. The summed E-state index contributed by atoms with van der Waals surface area (Å²) in [5, 5.41) is 3.34. The minimum atomic E-state index is 0.205. The molecule has 92 valence electrons. The van der Waals surface area contributed by atoms with Crippen LogP contribution in [0.15, 0.2) is 18.2 Å². The normalized spacial score (nSPS) is 23.9. The van der Waals surface area contributed by atoms with Crippen molar-refractivity contribution >= 4 is 5.78 Å². The summed E-state index contributed by atoms with van der Waals surface area (Å²) in [5.41, 5.74) is 3.71. The van der Waals surface area contributed by atoms with E-state index in [1.807, 2.05) is 0 Å². The molecule has 0 saturated carbocycles. The van der Waals surface area contributed by atoms with E-state index in [1.165, 1.54) is 11.1 Å². The molecule has 2 heteroatoms. The third-order valence-corrected chi connectivity index (χ3v) is 3.89. The average Bonchev–Trinajstić information content (AvgIpc) is 2.70. The van der Waals surface area contributed by atoms with Gasteiger partial charge in [-0.15, -0.1) is 0 Å². The Balaban J connectivity index is 2.05. The first-order valence-corrected chi connectivity index (χ1v) is 6.40. The molecular formula is C15H21NO. The molecule has 1 heterocycles. The number of nitrogens with one attached hydrogen (secondary N) is 1. The van der Waals surface area contributed by atoms with Gasteiger partial charge in [0.1, 0.15) is 5.78 Å². The monoisotopic (exact) mass is 231 g/mol. The molecule has 2 atom stereocenters. The first-order valence-electron chi connectivity index (χ1n) is 6.40. The van der Waals surface area contributed by atoms with E-state index >= 15 is 0 Å². The maximum absolute atomic E-state index is 12.2. The summed E-state index contributed by atoms with van der Waals surface area (Å²) in [4.78, 5) is 12.2. The Bertz CT molecular complexity index is 425. The van der Waals surface area contributed by atoms with Gasteiger partial charge in [0, 0.05) is 18.4 Å². The van der Waals surface area contributed by atoms with Crippen LogP contribution in [0.25, 0.3) is 0 Å². The molecular weight excluding hydrogens is 210 g/mol. The van der Waals surface area contributed by atoms with Gasteiger partial charge in [0.15, 0.2) is 0 Å². The highest BCUT2D eigenvalue weighted by atomic mass is 16.1. The quantitative estimate of drug-likeness (QED) is 0.865. The fraction of sp³-hybridized carbons (Fsp3) is 0.533. The van der Waals surface area contributed by atoms with Crippen molar-refractivity contribution < 1.29 is 4.79 Å². The third-order valence-electron chi connectivity index (χ3n) is 3.89. The molecule has 1 aromatic rings. The molecule has 0 bridgehead atoms. The van der Waals surface area contributed by atoms with E-state index in [2.05, 4.69) is 44.3 Å². The van der Waals surface area contributed by atoms with Gasteiger partial charge in [-0.3, -0.25) is 4.79 Å². The second-order valence-electron chi connectivity index (χ2n) is 5.20. The van der Waals surface area contributed by atoms with Crippen LogP contribution in [0.4, 0.5) is 0 Å². The zero-order valence-corrected chi connectivity index (χ0v) is 10.9. The largest absolute Gasteiger partial charge is 0.314 e. The minimum Gasteiger partial charge on any atom is -0.314 e. The van der Waals surface area contributed by atoms with Crippen LogP contribution in [0.5, 0.6) is 0 Å². The second kappa shape index (κ2) is 5.01. The summed E-state index contributed by atoms with van der Waals surface area (Å²) in [7, 11) is 0. The van der Waals surface area contributed by atoms with Crippen molar-refractivity contribution in [1.82, 2.24) is 5.32 Å².